The maximum atomic E-state index is 11.5. The smallest absolute Gasteiger partial charge is 0.340 e. The van der Waals surface area contributed by atoms with Crippen LogP contribution < -0.4 is 0 Å². The lowest BCUT2D eigenvalue weighted by Gasteiger charge is -2.25. The Morgan fingerprint density at radius 3 is 2.62 bits per heavy atom. The van der Waals surface area contributed by atoms with Gasteiger partial charge in [0.2, 0.25) is 5.90 Å². The molecule has 1 saturated carbocycles. The molecular formula is C10H13NO2. The number of cyclic esters (lactones) is 1. The summed E-state index contributed by atoms with van der Waals surface area (Å²) in [5.41, 5.74) is -0.540. The van der Waals surface area contributed by atoms with E-state index >= 15 is 0 Å². The highest BCUT2D eigenvalue weighted by atomic mass is 16.6. The second-order valence-electron chi connectivity index (χ2n) is 3.64. The summed E-state index contributed by atoms with van der Waals surface area (Å²) in [7, 11) is 0. The molecule has 0 aromatic carbocycles. The number of hydrogen-bond donors (Lipinski definition) is 0. The minimum Gasteiger partial charge on any atom is -0.406 e. The molecule has 0 N–H and O–H groups in total. The van der Waals surface area contributed by atoms with Crippen LogP contribution in [0.1, 0.15) is 32.1 Å². The van der Waals surface area contributed by atoms with Crippen molar-refractivity contribution >= 4 is 11.9 Å². The summed E-state index contributed by atoms with van der Waals surface area (Å²) in [6, 6.07) is 0. The van der Waals surface area contributed by atoms with Crippen LogP contribution in [0.25, 0.3) is 0 Å². The Labute approximate surface area is 77.5 Å². The molecule has 13 heavy (non-hydrogen) atoms. The highest BCUT2D eigenvalue weighted by Gasteiger charge is 2.45. The molecule has 0 radical (unpaired) electrons. The molecule has 2 aliphatic rings. The van der Waals surface area contributed by atoms with E-state index in [-0.39, 0.29) is 5.97 Å². The van der Waals surface area contributed by atoms with Gasteiger partial charge in [-0.2, -0.15) is 0 Å². The van der Waals surface area contributed by atoms with Crippen molar-refractivity contribution in [2.24, 2.45) is 4.99 Å². The van der Waals surface area contributed by atoms with Crippen LogP contribution in [0.5, 0.6) is 0 Å². The third-order valence-electron chi connectivity index (χ3n) is 2.76. The lowest BCUT2D eigenvalue weighted by molar-refractivity contribution is -0.140. The molecule has 0 atom stereocenters. The molecule has 70 valence electrons. The second kappa shape index (κ2) is 2.98. The highest BCUT2D eigenvalue weighted by molar-refractivity contribution is 6.04. The molecule has 0 bridgehead atoms. The number of carbonyl (C=O) groups excluding carboxylic acids is 1. The van der Waals surface area contributed by atoms with Crippen molar-refractivity contribution in [3.63, 3.8) is 0 Å². The molecule has 1 spiro atoms. The van der Waals surface area contributed by atoms with Gasteiger partial charge in [0.15, 0.2) is 5.54 Å². The molecule has 3 nitrogen and oxygen atoms in total. The standard InChI is InChI=1S/C10H13NO2/c1-2-8-11-10(9(12)13-8)6-4-3-5-7-10/h2H,1,3-7H2. The topological polar surface area (TPSA) is 38.7 Å². The van der Waals surface area contributed by atoms with E-state index in [1.807, 2.05) is 0 Å². The molecule has 0 aromatic heterocycles. The Bertz CT molecular complexity index is 275. The summed E-state index contributed by atoms with van der Waals surface area (Å²) in [6.07, 6.45) is 6.52. The quantitative estimate of drug-likeness (QED) is 0.576. The molecule has 1 fully saturated rings. The molecular weight excluding hydrogens is 166 g/mol. The Balaban J connectivity index is 2.25. The predicted molar refractivity (Wildman–Crippen MR) is 49.5 cm³/mol. The Morgan fingerprint density at radius 1 is 1.38 bits per heavy atom. The summed E-state index contributed by atoms with van der Waals surface area (Å²) < 4.78 is 5.00. The first-order valence-corrected chi connectivity index (χ1v) is 4.71. The minimum atomic E-state index is -0.540. The van der Waals surface area contributed by atoms with Gasteiger partial charge in [-0.25, -0.2) is 9.79 Å². The average molecular weight is 179 g/mol. The Morgan fingerprint density at radius 2 is 2.08 bits per heavy atom. The van der Waals surface area contributed by atoms with Crippen molar-refractivity contribution in [3.05, 3.63) is 12.7 Å². The van der Waals surface area contributed by atoms with Gasteiger partial charge in [0.25, 0.3) is 0 Å². The van der Waals surface area contributed by atoms with E-state index in [1.54, 1.807) is 0 Å². The summed E-state index contributed by atoms with van der Waals surface area (Å²) in [5.74, 6) is 0.217. The van der Waals surface area contributed by atoms with Crippen LogP contribution in [0.3, 0.4) is 0 Å². The number of esters is 1. The molecule has 1 aliphatic carbocycles. The van der Waals surface area contributed by atoms with E-state index in [0.29, 0.717) is 5.90 Å². The number of rotatable bonds is 1. The first-order chi connectivity index (χ1) is 6.27. The molecule has 0 amide bonds. The van der Waals surface area contributed by atoms with Crippen LogP contribution in [0.2, 0.25) is 0 Å². The molecule has 3 heteroatoms. The monoisotopic (exact) mass is 179 g/mol. The van der Waals surface area contributed by atoms with Gasteiger partial charge in [0.1, 0.15) is 0 Å². The maximum absolute atomic E-state index is 11.5. The van der Waals surface area contributed by atoms with Crippen molar-refractivity contribution in [3.8, 4) is 0 Å². The second-order valence-corrected chi connectivity index (χ2v) is 3.64. The SMILES string of the molecule is C=CC1=NC2(CCCCC2)C(=O)O1. The molecule has 0 saturated heterocycles. The van der Waals surface area contributed by atoms with Crippen LogP contribution in [-0.4, -0.2) is 17.4 Å². The molecule has 1 aliphatic heterocycles. The zero-order valence-electron chi connectivity index (χ0n) is 7.58. The van der Waals surface area contributed by atoms with Gasteiger partial charge in [-0.15, -0.1) is 0 Å². The van der Waals surface area contributed by atoms with Crippen molar-refractivity contribution in [2.75, 3.05) is 0 Å². The fraction of sp³-hybridized carbons (Fsp3) is 0.600. The number of hydrogen-bond acceptors (Lipinski definition) is 3. The van der Waals surface area contributed by atoms with Gasteiger partial charge in [0.05, 0.1) is 0 Å². The first-order valence-electron chi connectivity index (χ1n) is 4.71. The lowest BCUT2D eigenvalue weighted by atomic mass is 9.83. The first kappa shape index (κ1) is 8.48. The summed E-state index contributed by atoms with van der Waals surface area (Å²) in [4.78, 5) is 15.8. The average Bonchev–Trinajstić information content (AvgIpc) is 2.45. The summed E-state index contributed by atoms with van der Waals surface area (Å²) >= 11 is 0. The van der Waals surface area contributed by atoms with E-state index in [1.165, 1.54) is 12.5 Å². The van der Waals surface area contributed by atoms with Crippen molar-refractivity contribution < 1.29 is 9.53 Å². The minimum absolute atomic E-state index is 0.179. The third-order valence-corrected chi connectivity index (χ3v) is 2.76. The third kappa shape index (κ3) is 1.28. The van der Waals surface area contributed by atoms with E-state index in [2.05, 4.69) is 11.6 Å². The number of aliphatic imine (C=N–C) groups is 1. The number of carbonyl (C=O) groups is 1. The van der Waals surface area contributed by atoms with Crippen LogP contribution >= 0.6 is 0 Å². The summed E-state index contributed by atoms with van der Waals surface area (Å²) in [6.45, 7) is 3.55. The van der Waals surface area contributed by atoms with Crippen molar-refractivity contribution in [2.45, 2.75) is 37.6 Å². The van der Waals surface area contributed by atoms with Gasteiger partial charge in [-0.1, -0.05) is 25.8 Å². The summed E-state index contributed by atoms with van der Waals surface area (Å²) in [5, 5.41) is 0. The van der Waals surface area contributed by atoms with Crippen LogP contribution in [0, 0.1) is 0 Å². The Hall–Kier alpha value is -1.12. The van der Waals surface area contributed by atoms with Gasteiger partial charge in [-0.3, -0.25) is 0 Å². The van der Waals surface area contributed by atoms with E-state index in [9.17, 15) is 4.79 Å². The normalized spacial score (nSPS) is 25.5. The number of nitrogens with zero attached hydrogens (tertiary/aromatic N) is 1. The lowest BCUT2D eigenvalue weighted by Crippen LogP contribution is -2.35. The predicted octanol–water partition coefficient (Wildman–Crippen LogP) is 1.83. The molecule has 0 aromatic rings. The van der Waals surface area contributed by atoms with Crippen LogP contribution in [0.4, 0.5) is 0 Å². The zero-order valence-corrected chi connectivity index (χ0v) is 7.58. The van der Waals surface area contributed by atoms with Gasteiger partial charge in [0, 0.05) is 0 Å². The van der Waals surface area contributed by atoms with Gasteiger partial charge >= 0.3 is 5.97 Å². The van der Waals surface area contributed by atoms with Crippen molar-refractivity contribution in [1.82, 2.24) is 0 Å². The van der Waals surface area contributed by atoms with Gasteiger partial charge in [-0.05, 0) is 18.9 Å². The highest BCUT2D eigenvalue weighted by Crippen LogP contribution is 2.36. The van der Waals surface area contributed by atoms with Crippen LogP contribution in [0.15, 0.2) is 17.6 Å². The molecule has 0 unspecified atom stereocenters. The Kier molecular flexibility index (Phi) is 1.94. The molecule has 1 heterocycles. The fourth-order valence-electron chi connectivity index (χ4n) is 2.01. The van der Waals surface area contributed by atoms with E-state index < -0.39 is 5.54 Å². The van der Waals surface area contributed by atoms with Crippen LogP contribution in [-0.2, 0) is 9.53 Å². The maximum Gasteiger partial charge on any atom is 0.340 e. The van der Waals surface area contributed by atoms with Gasteiger partial charge < -0.3 is 4.74 Å². The number of ether oxygens (including phenoxy) is 1. The largest absolute Gasteiger partial charge is 0.406 e. The fourth-order valence-corrected chi connectivity index (χ4v) is 2.01. The van der Waals surface area contributed by atoms with E-state index in [4.69, 9.17) is 4.74 Å². The molecule has 2 rings (SSSR count). The van der Waals surface area contributed by atoms with Crippen molar-refractivity contribution in [1.29, 1.82) is 0 Å². The zero-order chi connectivity index (χ0) is 9.31. The van der Waals surface area contributed by atoms with E-state index in [0.717, 1.165) is 25.7 Å².